The number of hydrogen-bond donors (Lipinski definition) is 0. The molecule has 8 heteroatoms. The Labute approximate surface area is 122 Å². The molecule has 0 bridgehead atoms. The molecule has 0 saturated heterocycles. The van der Waals surface area contributed by atoms with E-state index in [1.165, 1.54) is 0 Å². The van der Waals surface area contributed by atoms with Crippen LogP contribution >= 0.6 is 0 Å². The Kier molecular flexibility index (Phi) is 28.0. The Hall–Kier alpha value is 2.98. The summed E-state index contributed by atoms with van der Waals surface area (Å²) in [5.74, 6) is 0. The summed E-state index contributed by atoms with van der Waals surface area (Å²) in [6, 6.07) is 0. The van der Waals surface area contributed by atoms with Gasteiger partial charge in [-0.05, 0) is 0 Å². The molecule has 0 amide bonds. The van der Waals surface area contributed by atoms with Crippen LogP contribution in [0.3, 0.4) is 0 Å². The van der Waals surface area contributed by atoms with E-state index in [1.807, 2.05) is 0 Å². The molecule has 0 aromatic carbocycles. The molecule has 0 fully saturated rings. The van der Waals surface area contributed by atoms with Crippen molar-refractivity contribution in [3.8, 4) is 0 Å². The van der Waals surface area contributed by atoms with Gasteiger partial charge in [0.15, 0.2) is 0 Å². The van der Waals surface area contributed by atoms with Crippen LogP contribution in [-0.4, -0.2) is 105 Å². The van der Waals surface area contributed by atoms with Gasteiger partial charge in [0.2, 0.25) is 0 Å². The topological polar surface area (TPSA) is 124 Å². The van der Waals surface area contributed by atoms with Gasteiger partial charge in [0, 0.05) is 0 Å². The van der Waals surface area contributed by atoms with Crippen LogP contribution in [0.5, 0.6) is 0 Å². The second-order valence-corrected chi connectivity index (χ2v) is 1.50. The van der Waals surface area contributed by atoms with E-state index in [-0.39, 0.29) is 96.4 Å². The molecule has 2 N–H and O–H groups in total. The van der Waals surface area contributed by atoms with Gasteiger partial charge in [-0.2, -0.15) is 0 Å². The molecule has 0 atom stereocenters. The van der Waals surface area contributed by atoms with Crippen LogP contribution in [0, 0.1) is 0 Å². The largest absolute Gasteiger partial charge is 2.00 e. The van der Waals surface area contributed by atoms with Gasteiger partial charge in [-0.3, -0.25) is 0 Å². The summed E-state index contributed by atoms with van der Waals surface area (Å²) in [5, 5.41) is 0. The molecule has 0 aromatic heterocycles. The predicted octanol–water partition coefficient (Wildman–Crippen LogP) is -6.72. The Bertz CT molecular complexity index is 25.9. The molecule has 0 radical (unpaired) electrons. The molecular weight excluding hydrogens is 283 g/mol. The molecule has 40 valence electrons. The SMILES string of the molecule is O.[O-][Si]([O-])([O-])[O-].[Sr+2].[Sr+2]. The molecule has 0 spiro atoms. The fourth-order valence-corrected chi connectivity index (χ4v) is 0. The summed E-state index contributed by atoms with van der Waals surface area (Å²) in [6.07, 6.45) is 0. The van der Waals surface area contributed by atoms with Crippen molar-refractivity contribution in [1.29, 1.82) is 0 Å². The van der Waals surface area contributed by atoms with Gasteiger partial charge < -0.3 is 33.7 Å². The van der Waals surface area contributed by atoms with Crippen molar-refractivity contribution in [2.24, 2.45) is 0 Å². The number of hydrogen-bond acceptors (Lipinski definition) is 4. The molecule has 0 saturated carbocycles. The third-order valence-corrected chi connectivity index (χ3v) is 0. The minimum absolute atomic E-state index is 0. The molecule has 0 aliphatic heterocycles. The van der Waals surface area contributed by atoms with Gasteiger partial charge in [-0.25, -0.2) is 0 Å². The van der Waals surface area contributed by atoms with Gasteiger partial charge in [-0.15, -0.1) is 0 Å². The molecule has 0 aromatic rings. The first-order valence-corrected chi connectivity index (χ1v) is 2.45. The van der Waals surface area contributed by atoms with Crippen molar-refractivity contribution in [2.45, 2.75) is 0 Å². The smallest absolute Gasteiger partial charge is 0.894 e. The van der Waals surface area contributed by atoms with Crippen LogP contribution in [0.15, 0.2) is 0 Å². The van der Waals surface area contributed by atoms with E-state index in [4.69, 9.17) is 19.2 Å². The molecule has 0 rings (SSSR count). The minimum atomic E-state index is -5.61. The zero-order valence-corrected chi connectivity index (χ0v) is 12.0. The van der Waals surface area contributed by atoms with E-state index in [9.17, 15) is 0 Å². The third kappa shape index (κ3) is 64.4. The fraction of sp³-hybridized carbons (Fsp3) is 0. The second kappa shape index (κ2) is 9.98. The van der Waals surface area contributed by atoms with Crippen LogP contribution in [0.2, 0.25) is 0 Å². The molecule has 0 unspecified atom stereocenters. The van der Waals surface area contributed by atoms with E-state index < -0.39 is 9.05 Å². The van der Waals surface area contributed by atoms with Crippen LogP contribution < -0.4 is 19.2 Å². The van der Waals surface area contributed by atoms with Crippen molar-refractivity contribution < 1.29 is 24.7 Å². The average Bonchev–Trinajstić information content (AvgIpc) is 0.722. The quantitative estimate of drug-likeness (QED) is 0.410. The summed E-state index contributed by atoms with van der Waals surface area (Å²) in [4.78, 5) is 34.3. The van der Waals surface area contributed by atoms with Gasteiger partial charge >= 0.3 is 91.0 Å². The predicted molar refractivity (Wildman–Crippen MR) is 20.9 cm³/mol. The molecule has 5 nitrogen and oxygen atoms in total. The Morgan fingerprint density at radius 2 is 0.750 bits per heavy atom. The first kappa shape index (κ1) is 22.4. The van der Waals surface area contributed by atoms with Gasteiger partial charge in [0.25, 0.3) is 0 Å². The molecular formula is H2O5SiSr2. The fourth-order valence-electron chi connectivity index (χ4n) is 0. The maximum atomic E-state index is 8.58. The number of rotatable bonds is 0. The standard InChI is InChI=1S/O4Si.H2O.2Sr/c1-5(2,3)4;;;/h;1H2;;/q-4;;2*+2. The minimum Gasteiger partial charge on any atom is -0.894 e. The molecule has 8 heavy (non-hydrogen) atoms. The first-order valence-electron chi connectivity index (χ1n) is 0.816. The van der Waals surface area contributed by atoms with Crippen molar-refractivity contribution in [1.82, 2.24) is 0 Å². The van der Waals surface area contributed by atoms with E-state index in [2.05, 4.69) is 0 Å². The maximum absolute atomic E-state index is 8.58. The molecule has 0 heterocycles. The van der Waals surface area contributed by atoms with Crippen LogP contribution in [-0.2, 0) is 0 Å². The zero-order chi connectivity index (χ0) is 4.50. The summed E-state index contributed by atoms with van der Waals surface area (Å²) in [6.45, 7) is 0. The normalized spacial score (nSPS) is 7.50. The van der Waals surface area contributed by atoms with Gasteiger partial charge in [0.1, 0.15) is 0 Å². The average molecular weight is 285 g/mol. The van der Waals surface area contributed by atoms with Gasteiger partial charge in [0.05, 0.1) is 0 Å². The summed E-state index contributed by atoms with van der Waals surface area (Å²) >= 11 is 0. The summed E-state index contributed by atoms with van der Waals surface area (Å²) in [7, 11) is -5.61. The third-order valence-electron chi connectivity index (χ3n) is 0. The summed E-state index contributed by atoms with van der Waals surface area (Å²) < 4.78 is 0. The van der Waals surface area contributed by atoms with E-state index in [0.29, 0.717) is 0 Å². The molecule has 0 aliphatic rings. The van der Waals surface area contributed by atoms with Crippen LogP contribution in [0.4, 0.5) is 0 Å². The van der Waals surface area contributed by atoms with Crippen molar-refractivity contribution in [2.75, 3.05) is 0 Å². The Morgan fingerprint density at radius 1 is 0.750 bits per heavy atom. The van der Waals surface area contributed by atoms with Crippen molar-refractivity contribution >= 4 is 100 Å². The van der Waals surface area contributed by atoms with Crippen LogP contribution in [0.1, 0.15) is 0 Å². The monoisotopic (exact) mass is 286 g/mol. The van der Waals surface area contributed by atoms with Gasteiger partial charge in [-0.1, -0.05) is 0 Å². The van der Waals surface area contributed by atoms with Crippen molar-refractivity contribution in [3.05, 3.63) is 0 Å². The summed E-state index contributed by atoms with van der Waals surface area (Å²) in [5.41, 5.74) is 0. The second-order valence-electron chi connectivity index (χ2n) is 0.500. The van der Waals surface area contributed by atoms with Crippen LogP contribution in [0.25, 0.3) is 0 Å². The van der Waals surface area contributed by atoms with E-state index >= 15 is 0 Å². The molecule has 0 aliphatic carbocycles. The zero-order valence-electron chi connectivity index (χ0n) is 4.05. The van der Waals surface area contributed by atoms with E-state index in [0.717, 1.165) is 0 Å². The first-order chi connectivity index (χ1) is 2.00. The Morgan fingerprint density at radius 3 is 0.750 bits per heavy atom. The van der Waals surface area contributed by atoms with E-state index in [1.54, 1.807) is 0 Å². The Balaban J connectivity index is -0.0000000267. The van der Waals surface area contributed by atoms with Crippen molar-refractivity contribution in [3.63, 3.8) is 0 Å². The maximum Gasteiger partial charge on any atom is 2.00 e.